The summed E-state index contributed by atoms with van der Waals surface area (Å²) in [6.45, 7) is 3.55. The van der Waals surface area contributed by atoms with Crippen LogP contribution in [0.15, 0.2) is 18.2 Å². The van der Waals surface area contributed by atoms with Crippen LogP contribution in [0.25, 0.3) is 0 Å². The number of hydrogen-bond acceptors (Lipinski definition) is 3. The Morgan fingerprint density at radius 3 is 2.61 bits per heavy atom. The minimum absolute atomic E-state index is 0.0603. The van der Waals surface area contributed by atoms with E-state index >= 15 is 0 Å². The lowest BCUT2D eigenvalue weighted by Crippen LogP contribution is -2.41. The van der Waals surface area contributed by atoms with Crippen molar-refractivity contribution in [1.82, 2.24) is 5.32 Å². The Labute approximate surface area is 106 Å². The van der Waals surface area contributed by atoms with Crippen LogP contribution in [0.3, 0.4) is 0 Å². The van der Waals surface area contributed by atoms with E-state index in [1.165, 1.54) is 19.2 Å². The molecule has 18 heavy (non-hydrogen) atoms. The van der Waals surface area contributed by atoms with Crippen LogP contribution in [-0.4, -0.2) is 30.8 Å². The molecule has 0 saturated carbocycles. The summed E-state index contributed by atoms with van der Waals surface area (Å²) in [6, 6.07) is 3.64. The second-order valence-electron chi connectivity index (χ2n) is 4.35. The molecule has 5 heteroatoms. The first-order valence-corrected chi connectivity index (χ1v) is 5.74. The summed E-state index contributed by atoms with van der Waals surface area (Å²) in [5.74, 6) is -0.762. The van der Waals surface area contributed by atoms with E-state index in [0.717, 1.165) is 6.07 Å². The largest absolute Gasteiger partial charge is 0.497 e. The third-order valence-electron chi connectivity index (χ3n) is 2.74. The van der Waals surface area contributed by atoms with Crippen molar-refractivity contribution < 1.29 is 19.0 Å². The van der Waals surface area contributed by atoms with Gasteiger partial charge >= 0.3 is 0 Å². The lowest BCUT2D eigenvalue weighted by molar-refractivity contribution is 0.0892. The number of nitrogens with one attached hydrogen (secondary N) is 1. The van der Waals surface area contributed by atoms with Crippen molar-refractivity contribution in [2.45, 2.75) is 19.9 Å². The highest BCUT2D eigenvalue weighted by Crippen LogP contribution is 2.16. The Morgan fingerprint density at radius 2 is 2.17 bits per heavy atom. The number of amides is 1. The van der Waals surface area contributed by atoms with E-state index in [-0.39, 0.29) is 24.1 Å². The minimum atomic E-state index is -0.646. The SMILES string of the molecule is COc1ccc(C(=O)NC(CO)C(C)C)c(F)c1. The highest BCUT2D eigenvalue weighted by molar-refractivity contribution is 5.94. The van der Waals surface area contributed by atoms with E-state index in [2.05, 4.69) is 5.32 Å². The van der Waals surface area contributed by atoms with E-state index in [0.29, 0.717) is 5.75 Å². The number of hydrogen-bond donors (Lipinski definition) is 2. The number of ether oxygens (including phenoxy) is 1. The van der Waals surface area contributed by atoms with Crippen LogP contribution in [0.1, 0.15) is 24.2 Å². The van der Waals surface area contributed by atoms with Crippen LogP contribution < -0.4 is 10.1 Å². The van der Waals surface area contributed by atoms with Gasteiger partial charge in [0.05, 0.1) is 25.3 Å². The standard InChI is InChI=1S/C13H18FNO3/c1-8(2)12(7-16)15-13(17)10-5-4-9(18-3)6-11(10)14/h4-6,8,12,16H,7H2,1-3H3,(H,15,17). The van der Waals surface area contributed by atoms with Gasteiger partial charge < -0.3 is 15.2 Å². The number of carbonyl (C=O) groups excluding carboxylic acids is 1. The van der Waals surface area contributed by atoms with E-state index < -0.39 is 11.7 Å². The Hall–Kier alpha value is -1.62. The van der Waals surface area contributed by atoms with E-state index in [1.807, 2.05) is 13.8 Å². The van der Waals surface area contributed by atoms with Gasteiger partial charge in [-0.3, -0.25) is 4.79 Å². The Kier molecular flexibility index (Phi) is 5.09. The fourth-order valence-electron chi connectivity index (χ4n) is 1.48. The summed E-state index contributed by atoms with van der Waals surface area (Å²) in [4.78, 5) is 11.8. The first kappa shape index (κ1) is 14.4. The minimum Gasteiger partial charge on any atom is -0.497 e. The molecule has 0 radical (unpaired) electrons. The van der Waals surface area contributed by atoms with Crippen molar-refractivity contribution in [3.63, 3.8) is 0 Å². The molecule has 1 atom stereocenters. The van der Waals surface area contributed by atoms with E-state index in [4.69, 9.17) is 9.84 Å². The van der Waals surface area contributed by atoms with Crippen LogP contribution in [-0.2, 0) is 0 Å². The molecule has 0 fully saturated rings. The molecule has 100 valence electrons. The fourth-order valence-corrected chi connectivity index (χ4v) is 1.48. The van der Waals surface area contributed by atoms with Crippen molar-refractivity contribution in [1.29, 1.82) is 0 Å². The quantitative estimate of drug-likeness (QED) is 0.840. The smallest absolute Gasteiger partial charge is 0.254 e. The zero-order chi connectivity index (χ0) is 13.7. The van der Waals surface area contributed by atoms with Crippen molar-refractivity contribution in [3.05, 3.63) is 29.6 Å². The van der Waals surface area contributed by atoms with Gasteiger partial charge in [-0.05, 0) is 18.1 Å². The first-order valence-electron chi connectivity index (χ1n) is 5.74. The monoisotopic (exact) mass is 255 g/mol. The highest BCUT2D eigenvalue weighted by atomic mass is 19.1. The van der Waals surface area contributed by atoms with Gasteiger partial charge in [0.1, 0.15) is 11.6 Å². The van der Waals surface area contributed by atoms with Crippen molar-refractivity contribution in [3.8, 4) is 5.75 Å². The summed E-state index contributed by atoms with van der Waals surface area (Å²) < 4.78 is 18.5. The molecule has 0 bridgehead atoms. The molecule has 2 N–H and O–H groups in total. The van der Waals surface area contributed by atoms with Crippen LogP contribution >= 0.6 is 0 Å². The molecule has 0 aliphatic heterocycles. The molecular weight excluding hydrogens is 237 g/mol. The molecule has 0 aromatic heterocycles. The van der Waals surface area contributed by atoms with Gasteiger partial charge in [0.15, 0.2) is 0 Å². The van der Waals surface area contributed by atoms with Crippen molar-refractivity contribution >= 4 is 5.91 Å². The van der Waals surface area contributed by atoms with Gasteiger partial charge in [0.25, 0.3) is 5.91 Å². The highest BCUT2D eigenvalue weighted by Gasteiger charge is 2.18. The number of rotatable bonds is 5. The molecule has 1 rings (SSSR count). The molecule has 1 unspecified atom stereocenters. The lowest BCUT2D eigenvalue weighted by Gasteiger charge is -2.20. The van der Waals surface area contributed by atoms with Crippen molar-refractivity contribution in [2.24, 2.45) is 5.92 Å². The van der Waals surface area contributed by atoms with Crippen LogP contribution in [0, 0.1) is 11.7 Å². The van der Waals surface area contributed by atoms with Gasteiger partial charge in [0.2, 0.25) is 0 Å². The van der Waals surface area contributed by atoms with Crippen LogP contribution in [0.4, 0.5) is 4.39 Å². The lowest BCUT2D eigenvalue weighted by atomic mass is 10.0. The van der Waals surface area contributed by atoms with Gasteiger partial charge in [0, 0.05) is 6.07 Å². The summed E-state index contributed by atoms with van der Waals surface area (Å²) >= 11 is 0. The second kappa shape index (κ2) is 6.35. The zero-order valence-corrected chi connectivity index (χ0v) is 10.7. The average molecular weight is 255 g/mol. The first-order chi connectivity index (χ1) is 8.49. The maximum atomic E-state index is 13.6. The normalized spacial score (nSPS) is 12.3. The zero-order valence-electron chi connectivity index (χ0n) is 10.7. The molecule has 1 aromatic rings. The summed E-state index contributed by atoms with van der Waals surface area (Å²) in [6.07, 6.45) is 0. The second-order valence-corrected chi connectivity index (χ2v) is 4.35. The molecule has 0 aliphatic carbocycles. The summed E-state index contributed by atoms with van der Waals surface area (Å²) in [5, 5.41) is 11.7. The van der Waals surface area contributed by atoms with E-state index in [9.17, 15) is 9.18 Å². The Balaban J connectivity index is 2.84. The fraction of sp³-hybridized carbons (Fsp3) is 0.462. The van der Waals surface area contributed by atoms with Gasteiger partial charge in [-0.15, -0.1) is 0 Å². The van der Waals surface area contributed by atoms with Gasteiger partial charge in [-0.2, -0.15) is 0 Å². The van der Waals surface area contributed by atoms with Crippen LogP contribution in [0.2, 0.25) is 0 Å². The molecule has 1 amide bonds. The number of benzene rings is 1. The van der Waals surface area contributed by atoms with E-state index in [1.54, 1.807) is 0 Å². The third-order valence-corrected chi connectivity index (χ3v) is 2.74. The predicted molar refractivity (Wildman–Crippen MR) is 66.1 cm³/mol. The molecular formula is C13H18FNO3. The Bertz CT molecular complexity index is 421. The molecule has 0 aliphatic rings. The molecule has 0 saturated heterocycles. The average Bonchev–Trinajstić information content (AvgIpc) is 2.34. The van der Waals surface area contributed by atoms with Gasteiger partial charge in [-0.25, -0.2) is 4.39 Å². The molecule has 0 heterocycles. The summed E-state index contributed by atoms with van der Waals surface area (Å²) in [5.41, 5.74) is -0.0603. The molecule has 0 spiro atoms. The number of halogens is 1. The molecule has 4 nitrogen and oxygen atoms in total. The van der Waals surface area contributed by atoms with Crippen molar-refractivity contribution in [2.75, 3.05) is 13.7 Å². The Morgan fingerprint density at radius 1 is 1.50 bits per heavy atom. The maximum Gasteiger partial charge on any atom is 0.254 e. The van der Waals surface area contributed by atoms with Gasteiger partial charge in [-0.1, -0.05) is 13.8 Å². The maximum absolute atomic E-state index is 13.6. The predicted octanol–water partition coefficient (Wildman–Crippen LogP) is 1.58. The summed E-state index contributed by atoms with van der Waals surface area (Å²) in [7, 11) is 1.43. The molecule has 1 aromatic carbocycles. The number of carbonyl (C=O) groups is 1. The van der Waals surface area contributed by atoms with Crippen LogP contribution in [0.5, 0.6) is 5.75 Å². The third kappa shape index (κ3) is 3.43. The number of methoxy groups -OCH3 is 1. The number of aliphatic hydroxyl groups is 1. The topological polar surface area (TPSA) is 58.6 Å². The number of aliphatic hydroxyl groups excluding tert-OH is 1.